The van der Waals surface area contributed by atoms with Crippen molar-refractivity contribution in [2.45, 2.75) is 47.0 Å². The lowest BCUT2D eigenvalue weighted by Crippen LogP contribution is -2.35. The van der Waals surface area contributed by atoms with Gasteiger partial charge in [0, 0.05) is 5.54 Å². The third-order valence-electron chi connectivity index (χ3n) is 3.95. The molecule has 1 heterocycles. The minimum Gasteiger partial charge on any atom is -0.306 e. The molecule has 26 heavy (non-hydrogen) atoms. The normalized spacial score (nSPS) is 14.8. The standard InChI is InChI=1S/C17H22O5S3Si/c1-12(18)17(26(2,3)4)14-8-13(11-24(19)20)9-15(10-14)25(21,22)16-6-5-7-23-16/h5-10,17H,11H2,1-4H3,(H,19,20). The number of Topliss-reactive ketones (excluding diaryl/α,β-unsaturated/α-hetero) is 1. The first kappa shape index (κ1) is 21.2. The molecule has 0 aliphatic carbocycles. The van der Waals surface area contributed by atoms with Gasteiger partial charge < -0.3 is 4.55 Å². The van der Waals surface area contributed by atoms with Gasteiger partial charge >= 0.3 is 0 Å². The second-order valence-corrected chi connectivity index (χ2v) is 16.6. The summed E-state index contributed by atoms with van der Waals surface area (Å²) in [5.74, 6) is -0.206. The highest BCUT2D eigenvalue weighted by atomic mass is 32.2. The van der Waals surface area contributed by atoms with Gasteiger partial charge in [-0.05, 0) is 41.6 Å². The Balaban J connectivity index is 2.70. The van der Waals surface area contributed by atoms with Crippen LogP contribution in [0.15, 0.2) is 44.8 Å². The highest BCUT2D eigenvalue weighted by Gasteiger charge is 2.33. The van der Waals surface area contributed by atoms with Crippen LogP contribution in [0.2, 0.25) is 19.6 Å². The van der Waals surface area contributed by atoms with Crippen LogP contribution in [0.1, 0.15) is 23.6 Å². The van der Waals surface area contributed by atoms with Crippen LogP contribution in [0.5, 0.6) is 0 Å². The van der Waals surface area contributed by atoms with Crippen LogP contribution in [-0.2, 0) is 31.5 Å². The Bertz CT molecular complexity index is 928. The van der Waals surface area contributed by atoms with Gasteiger partial charge in [0.15, 0.2) is 11.1 Å². The molecule has 0 amide bonds. The molecule has 2 unspecified atom stereocenters. The summed E-state index contributed by atoms with van der Waals surface area (Å²) in [6.45, 7) is 7.64. The zero-order chi connectivity index (χ0) is 19.7. The average Bonchev–Trinajstić information content (AvgIpc) is 2.98. The molecule has 1 aromatic carbocycles. The molecule has 1 aromatic heterocycles. The van der Waals surface area contributed by atoms with Crippen molar-refractivity contribution in [3.63, 3.8) is 0 Å². The second kappa shape index (κ2) is 7.85. The fourth-order valence-corrected chi connectivity index (χ4v) is 8.45. The van der Waals surface area contributed by atoms with E-state index >= 15 is 0 Å². The molecule has 5 nitrogen and oxygen atoms in total. The van der Waals surface area contributed by atoms with Gasteiger partial charge in [-0.25, -0.2) is 12.6 Å². The maximum absolute atomic E-state index is 12.9. The summed E-state index contributed by atoms with van der Waals surface area (Å²) in [6.07, 6.45) is 0. The molecule has 0 bridgehead atoms. The van der Waals surface area contributed by atoms with Gasteiger partial charge in [-0.3, -0.25) is 4.79 Å². The van der Waals surface area contributed by atoms with Crippen LogP contribution in [0, 0.1) is 0 Å². The molecule has 1 N–H and O–H groups in total. The first-order valence-electron chi connectivity index (χ1n) is 7.93. The Kier molecular flexibility index (Phi) is 6.39. The monoisotopic (exact) mass is 430 g/mol. The van der Waals surface area contributed by atoms with Gasteiger partial charge in [0.05, 0.1) is 18.7 Å². The maximum atomic E-state index is 12.9. The van der Waals surface area contributed by atoms with Crippen LogP contribution < -0.4 is 0 Å². The summed E-state index contributed by atoms with van der Waals surface area (Å²) in [4.78, 5) is 12.3. The highest BCUT2D eigenvalue weighted by Crippen LogP contribution is 2.33. The molecule has 0 aliphatic rings. The van der Waals surface area contributed by atoms with Gasteiger partial charge in [0.2, 0.25) is 9.84 Å². The van der Waals surface area contributed by atoms with E-state index in [1.54, 1.807) is 23.6 Å². The van der Waals surface area contributed by atoms with E-state index in [9.17, 15) is 22.0 Å². The second-order valence-electron chi connectivity index (χ2n) is 7.22. The summed E-state index contributed by atoms with van der Waals surface area (Å²) < 4.78 is 46.6. The molecule has 2 atom stereocenters. The molecule has 2 aromatic rings. The highest BCUT2D eigenvalue weighted by molar-refractivity contribution is 7.93. The number of hydrogen-bond donors (Lipinski definition) is 1. The molecule has 0 fully saturated rings. The molecule has 2 rings (SSSR count). The third-order valence-corrected chi connectivity index (χ3v) is 10.1. The number of hydrogen-bond acceptors (Lipinski definition) is 5. The summed E-state index contributed by atoms with van der Waals surface area (Å²) >= 11 is -0.992. The Morgan fingerprint density at radius 1 is 1.27 bits per heavy atom. The van der Waals surface area contributed by atoms with Gasteiger partial charge in [0.1, 0.15) is 9.99 Å². The van der Waals surface area contributed by atoms with Gasteiger partial charge in [-0.2, -0.15) is 0 Å². The smallest absolute Gasteiger partial charge is 0.215 e. The van der Waals surface area contributed by atoms with Gasteiger partial charge in [-0.1, -0.05) is 31.8 Å². The summed E-state index contributed by atoms with van der Waals surface area (Å²) in [6, 6.07) is 7.84. The molecule has 9 heteroatoms. The van der Waals surface area contributed by atoms with Crippen molar-refractivity contribution < 1.29 is 22.0 Å². The van der Waals surface area contributed by atoms with E-state index < -0.39 is 29.0 Å². The van der Waals surface area contributed by atoms with Crippen molar-refractivity contribution >= 4 is 46.1 Å². The van der Waals surface area contributed by atoms with Crippen LogP contribution in [-0.4, -0.2) is 31.0 Å². The maximum Gasteiger partial charge on any atom is 0.215 e. The van der Waals surface area contributed by atoms with Crippen molar-refractivity contribution in [2.24, 2.45) is 0 Å². The SMILES string of the molecule is CC(=O)C(c1cc(CS(=O)O)cc(S(=O)(=O)c2cccs2)c1)[Si](C)(C)C. The first-order valence-corrected chi connectivity index (χ1v) is 15.1. The lowest BCUT2D eigenvalue weighted by atomic mass is 10.1. The quantitative estimate of drug-likeness (QED) is 0.532. The Labute approximate surface area is 161 Å². The number of carbonyl (C=O) groups excluding carboxylic acids is 1. The molecule has 0 saturated heterocycles. The zero-order valence-corrected chi connectivity index (χ0v) is 18.5. The van der Waals surface area contributed by atoms with Crippen molar-refractivity contribution in [3.05, 3.63) is 46.8 Å². The average molecular weight is 431 g/mol. The van der Waals surface area contributed by atoms with E-state index in [0.29, 0.717) is 11.1 Å². The van der Waals surface area contributed by atoms with Crippen LogP contribution in [0.4, 0.5) is 0 Å². The Morgan fingerprint density at radius 2 is 1.92 bits per heavy atom. The van der Waals surface area contributed by atoms with Gasteiger partial charge in [0.25, 0.3) is 0 Å². The van der Waals surface area contributed by atoms with E-state index in [2.05, 4.69) is 0 Å². The van der Waals surface area contributed by atoms with E-state index in [4.69, 9.17) is 0 Å². The Morgan fingerprint density at radius 3 is 2.38 bits per heavy atom. The number of ketones is 1. The van der Waals surface area contributed by atoms with Crippen molar-refractivity contribution in [1.29, 1.82) is 0 Å². The minimum absolute atomic E-state index is 0.0223. The number of sulfone groups is 1. The third kappa shape index (κ3) is 4.77. The summed E-state index contributed by atoms with van der Waals surface area (Å²) in [7, 11) is -5.72. The zero-order valence-electron chi connectivity index (χ0n) is 15.1. The minimum atomic E-state index is -3.74. The lowest BCUT2D eigenvalue weighted by molar-refractivity contribution is -0.116. The Hall–Kier alpha value is -1.13. The summed E-state index contributed by atoms with van der Waals surface area (Å²) in [5, 5.41) is 1.68. The largest absolute Gasteiger partial charge is 0.306 e. The number of benzene rings is 1. The first-order chi connectivity index (χ1) is 11.9. The van der Waals surface area contributed by atoms with Gasteiger partial charge in [-0.15, -0.1) is 11.3 Å². The fraction of sp³-hybridized carbons (Fsp3) is 0.353. The van der Waals surface area contributed by atoms with E-state index in [0.717, 1.165) is 11.3 Å². The predicted octanol–water partition coefficient (Wildman–Crippen LogP) is 3.85. The van der Waals surface area contributed by atoms with Crippen molar-refractivity contribution in [1.82, 2.24) is 0 Å². The molecule has 0 aliphatic heterocycles. The lowest BCUT2D eigenvalue weighted by Gasteiger charge is -2.28. The van der Waals surface area contributed by atoms with Crippen molar-refractivity contribution in [3.8, 4) is 0 Å². The van der Waals surface area contributed by atoms with E-state index in [1.807, 2.05) is 19.6 Å². The van der Waals surface area contributed by atoms with Crippen LogP contribution >= 0.6 is 11.3 Å². The van der Waals surface area contributed by atoms with Crippen LogP contribution in [0.3, 0.4) is 0 Å². The summed E-state index contributed by atoms with van der Waals surface area (Å²) in [5.41, 5.74) is 0.657. The predicted molar refractivity (Wildman–Crippen MR) is 107 cm³/mol. The van der Waals surface area contributed by atoms with Crippen LogP contribution in [0.25, 0.3) is 0 Å². The molecule has 0 saturated carbocycles. The number of thiophene rings is 1. The van der Waals surface area contributed by atoms with E-state index in [1.165, 1.54) is 19.1 Å². The molecule has 0 spiro atoms. The molecular formula is C17H22O5S3Si. The topological polar surface area (TPSA) is 88.5 Å². The van der Waals surface area contributed by atoms with E-state index in [-0.39, 0.29) is 26.2 Å². The number of rotatable bonds is 7. The number of carbonyl (C=O) groups is 1. The molecule has 142 valence electrons. The molecule has 0 radical (unpaired) electrons. The molecular weight excluding hydrogens is 408 g/mol. The fourth-order valence-electron chi connectivity index (χ4n) is 3.11. The van der Waals surface area contributed by atoms with Crippen molar-refractivity contribution in [2.75, 3.05) is 0 Å².